The average molecular weight is 207 g/mol. The number of amides is 1. The van der Waals surface area contributed by atoms with Crippen molar-refractivity contribution in [1.29, 1.82) is 0 Å². The zero-order valence-electron chi connectivity index (χ0n) is 8.78. The number of aromatic nitrogens is 1. The molecule has 0 radical (unpaired) electrons. The third-order valence-electron chi connectivity index (χ3n) is 2.70. The van der Waals surface area contributed by atoms with Gasteiger partial charge in [0, 0.05) is 31.9 Å². The van der Waals surface area contributed by atoms with Crippen molar-refractivity contribution in [3.05, 3.63) is 24.5 Å². The molecule has 2 N–H and O–H groups in total. The molecule has 1 aromatic rings. The van der Waals surface area contributed by atoms with Crippen molar-refractivity contribution < 1.29 is 4.79 Å². The van der Waals surface area contributed by atoms with Crippen molar-refractivity contribution >= 4 is 5.91 Å². The van der Waals surface area contributed by atoms with Crippen LogP contribution in [0.2, 0.25) is 0 Å². The summed E-state index contributed by atoms with van der Waals surface area (Å²) in [4.78, 5) is 11.4. The van der Waals surface area contributed by atoms with E-state index in [0.29, 0.717) is 18.9 Å². The second-order valence-electron chi connectivity index (χ2n) is 4.00. The van der Waals surface area contributed by atoms with Gasteiger partial charge in [-0.2, -0.15) is 0 Å². The van der Waals surface area contributed by atoms with E-state index in [2.05, 4.69) is 15.2 Å². The second kappa shape index (κ2) is 4.98. The lowest BCUT2D eigenvalue weighted by molar-refractivity contribution is -0.122. The molecular formula is C11H17N3O. The first-order valence-corrected chi connectivity index (χ1v) is 5.43. The van der Waals surface area contributed by atoms with E-state index >= 15 is 0 Å². The number of hydrogen-bond acceptors (Lipinski definition) is 2. The fourth-order valence-electron chi connectivity index (χ4n) is 1.67. The van der Waals surface area contributed by atoms with Crippen LogP contribution in [0.15, 0.2) is 24.5 Å². The van der Waals surface area contributed by atoms with Crippen LogP contribution in [0.1, 0.15) is 6.42 Å². The van der Waals surface area contributed by atoms with Crippen LogP contribution >= 0.6 is 0 Å². The molecule has 15 heavy (non-hydrogen) atoms. The van der Waals surface area contributed by atoms with Gasteiger partial charge in [0.05, 0.1) is 0 Å². The Labute approximate surface area is 89.7 Å². The molecule has 1 amide bonds. The average Bonchev–Trinajstić information content (AvgIpc) is 2.64. The van der Waals surface area contributed by atoms with Gasteiger partial charge in [0.25, 0.3) is 0 Å². The number of rotatable bonds is 5. The summed E-state index contributed by atoms with van der Waals surface area (Å²) in [7, 11) is 0. The van der Waals surface area contributed by atoms with Crippen LogP contribution in [0, 0.1) is 5.92 Å². The number of nitrogens with one attached hydrogen (secondary N) is 2. The summed E-state index contributed by atoms with van der Waals surface area (Å²) < 4.78 is 2.06. The third-order valence-corrected chi connectivity index (χ3v) is 2.70. The minimum atomic E-state index is 0.175. The van der Waals surface area contributed by atoms with E-state index in [-0.39, 0.29) is 5.91 Å². The Morgan fingerprint density at radius 2 is 2.13 bits per heavy atom. The van der Waals surface area contributed by atoms with Gasteiger partial charge in [-0.15, -0.1) is 0 Å². The van der Waals surface area contributed by atoms with Crippen LogP contribution in [0.3, 0.4) is 0 Å². The van der Waals surface area contributed by atoms with E-state index in [0.717, 1.165) is 19.6 Å². The summed E-state index contributed by atoms with van der Waals surface area (Å²) in [6, 6.07) is 3.98. The van der Waals surface area contributed by atoms with Crippen molar-refractivity contribution in [2.24, 2.45) is 5.92 Å². The first-order chi connectivity index (χ1) is 7.34. The smallest absolute Gasteiger partial charge is 0.220 e. The molecule has 0 aromatic carbocycles. The fraction of sp³-hybridized carbons (Fsp3) is 0.545. The van der Waals surface area contributed by atoms with Crippen molar-refractivity contribution in [3.63, 3.8) is 0 Å². The Hall–Kier alpha value is -1.29. The lowest BCUT2D eigenvalue weighted by Gasteiger charge is -2.26. The van der Waals surface area contributed by atoms with Crippen LogP contribution in [0.4, 0.5) is 0 Å². The summed E-state index contributed by atoms with van der Waals surface area (Å²) in [6.45, 7) is 3.55. The minimum absolute atomic E-state index is 0.175. The van der Waals surface area contributed by atoms with Crippen LogP contribution in [0.5, 0.6) is 0 Å². The second-order valence-corrected chi connectivity index (χ2v) is 4.00. The highest BCUT2D eigenvalue weighted by atomic mass is 16.1. The van der Waals surface area contributed by atoms with E-state index in [1.54, 1.807) is 0 Å². The van der Waals surface area contributed by atoms with Gasteiger partial charge in [0.2, 0.25) is 5.91 Å². The molecule has 2 rings (SSSR count). The van der Waals surface area contributed by atoms with Gasteiger partial charge in [-0.25, -0.2) is 0 Å². The number of carbonyl (C=O) groups excluding carboxylic acids is 1. The maximum absolute atomic E-state index is 11.4. The monoisotopic (exact) mass is 207 g/mol. The Kier molecular flexibility index (Phi) is 3.40. The number of hydrogen-bond donors (Lipinski definition) is 2. The van der Waals surface area contributed by atoms with Crippen LogP contribution in [-0.4, -0.2) is 30.1 Å². The predicted molar refractivity (Wildman–Crippen MR) is 58.4 cm³/mol. The molecule has 4 heteroatoms. The minimum Gasteiger partial charge on any atom is -0.354 e. The molecular weight excluding hydrogens is 190 g/mol. The largest absolute Gasteiger partial charge is 0.354 e. The Morgan fingerprint density at radius 3 is 2.73 bits per heavy atom. The zero-order chi connectivity index (χ0) is 10.5. The molecule has 1 fully saturated rings. The molecule has 0 spiro atoms. The Balaban J connectivity index is 1.58. The highest BCUT2D eigenvalue weighted by Gasteiger charge is 2.19. The number of carbonyl (C=O) groups is 1. The Bertz CT molecular complexity index is 304. The third kappa shape index (κ3) is 3.09. The summed E-state index contributed by atoms with van der Waals surface area (Å²) in [5, 5.41) is 6.09. The molecule has 0 saturated carbocycles. The number of nitrogens with zero attached hydrogens (tertiary/aromatic N) is 1. The topological polar surface area (TPSA) is 46.1 Å². The molecule has 2 heterocycles. The van der Waals surface area contributed by atoms with Crippen molar-refractivity contribution in [1.82, 2.24) is 15.2 Å². The van der Waals surface area contributed by atoms with E-state index in [4.69, 9.17) is 0 Å². The van der Waals surface area contributed by atoms with Gasteiger partial charge < -0.3 is 15.2 Å². The van der Waals surface area contributed by atoms with Gasteiger partial charge in [-0.3, -0.25) is 4.79 Å². The quantitative estimate of drug-likeness (QED) is 0.725. The molecule has 4 nitrogen and oxygen atoms in total. The predicted octanol–water partition coefficient (Wildman–Crippen LogP) is 0.214. The first kappa shape index (κ1) is 10.2. The molecule has 1 aliphatic rings. The molecule has 1 saturated heterocycles. The van der Waals surface area contributed by atoms with E-state index in [1.807, 2.05) is 24.5 Å². The van der Waals surface area contributed by atoms with Gasteiger partial charge in [0.15, 0.2) is 0 Å². The Morgan fingerprint density at radius 1 is 1.40 bits per heavy atom. The molecule has 1 aromatic heterocycles. The SMILES string of the molecule is O=C(CC1CNC1)NCCn1cccc1. The van der Waals surface area contributed by atoms with Crippen molar-refractivity contribution in [3.8, 4) is 0 Å². The molecule has 82 valence electrons. The van der Waals surface area contributed by atoms with Crippen LogP contribution < -0.4 is 10.6 Å². The standard InChI is InChI=1S/C11H17N3O/c15-11(7-10-8-12-9-10)13-3-6-14-4-1-2-5-14/h1-2,4-5,10,12H,3,6-9H2,(H,13,15). The van der Waals surface area contributed by atoms with Crippen LogP contribution in [0.25, 0.3) is 0 Å². The zero-order valence-corrected chi connectivity index (χ0v) is 8.78. The molecule has 0 atom stereocenters. The molecule has 1 aliphatic heterocycles. The van der Waals surface area contributed by atoms with Gasteiger partial charge in [-0.05, 0) is 31.1 Å². The maximum Gasteiger partial charge on any atom is 0.220 e. The van der Waals surface area contributed by atoms with E-state index < -0.39 is 0 Å². The van der Waals surface area contributed by atoms with Crippen molar-refractivity contribution in [2.45, 2.75) is 13.0 Å². The molecule has 0 bridgehead atoms. The molecule has 0 aliphatic carbocycles. The summed E-state index contributed by atoms with van der Waals surface area (Å²) >= 11 is 0. The fourth-order valence-corrected chi connectivity index (χ4v) is 1.67. The van der Waals surface area contributed by atoms with Crippen molar-refractivity contribution in [2.75, 3.05) is 19.6 Å². The van der Waals surface area contributed by atoms with Gasteiger partial charge in [0.1, 0.15) is 0 Å². The normalized spacial score (nSPS) is 16.0. The first-order valence-electron chi connectivity index (χ1n) is 5.43. The van der Waals surface area contributed by atoms with Gasteiger partial charge >= 0.3 is 0 Å². The summed E-state index contributed by atoms with van der Waals surface area (Å²) in [5.74, 6) is 0.727. The van der Waals surface area contributed by atoms with Crippen LogP contribution in [-0.2, 0) is 11.3 Å². The van der Waals surface area contributed by atoms with E-state index in [1.165, 1.54) is 0 Å². The highest BCUT2D eigenvalue weighted by Crippen LogP contribution is 2.07. The lowest BCUT2D eigenvalue weighted by Crippen LogP contribution is -2.44. The summed E-state index contributed by atoms with van der Waals surface area (Å²) in [5.41, 5.74) is 0. The van der Waals surface area contributed by atoms with Gasteiger partial charge in [-0.1, -0.05) is 0 Å². The highest BCUT2D eigenvalue weighted by molar-refractivity contribution is 5.76. The lowest BCUT2D eigenvalue weighted by atomic mass is 9.99. The maximum atomic E-state index is 11.4. The molecule has 0 unspecified atom stereocenters. The summed E-state index contributed by atoms with van der Waals surface area (Å²) in [6.07, 6.45) is 4.67. The van der Waals surface area contributed by atoms with E-state index in [9.17, 15) is 4.79 Å².